The first-order valence-corrected chi connectivity index (χ1v) is 13.8. The fraction of sp³-hybridized carbons (Fsp3) is 0.444. The molecule has 1 amide bonds. The molecule has 6 rings (SSSR count). The van der Waals surface area contributed by atoms with Gasteiger partial charge in [-0.15, -0.1) is 11.3 Å². The van der Waals surface area contributed by atoms with Gasteiger partial charge in [-0.25, -0.2) is 4.79 Å². The number of likely N-dealkylation sites (tertiary alicyclic amines) is 2. The van der Waals surface area contributed by atoms with Crippen molar-refractivity contribution < 1.29 is 32.6 Å². The van der Waals surface area contributed by atoms with Crippen molar-refractivity contribution in [3.8, 4) is 17.0 Å². The van der Waals surface area contributed by atoms with Gasteiger partial charge in [-0.1, -0.05) is 18.2 Å². The first-order chi connectivity index (χ1) is 18.7. The summed E-state index contributed by atoms with van der Waals surface area (Å²) in [4.78, 5) is 27.1. The van der Waals surface area contributed by atoms with E-state index in [1.165, 1.54) is 48.5 Å². The molecule has 0 radical (unpaired) electrons. The Kier molecular flexibility index (Phi) is 7.68. The first kappa shape index (κ1) is 27.2. The van der Waals surface area contributed by atoms with Crippen molar-refractivity contribution in [3.05, 3.63) is 58.4 Å². The van der Waals surface area contributed by atoms with Gasteiger partial charge in [0, 0.05) is 43.6 Å². The topological polar surface area (TPSA) is 87.9 Å². The number of aromatic nitrogens is 2. The smallest absolute Gasteiger partial charge is 0.482 e. The van der Waals surface area contributed by atoms with E-state index >= 15 is 0 Å². The molecule has 0 aliphatic carbocycles. The van der Waals surface area contributed by atoms with Gasteiger partial charge in [-0.3, -0.25) is 9.48 Å². The number of fused-ring (bicyclic) bond motifs is 4. The second kappa shape index (κ2) is 11.0. The van der Waals surface area contributed by atoms with Gasteiger partial charge in [0.25, 0.3) is 5.91 Å². The van der Waals surface area contributed by atoms with Gasteiger partial charge in [-0.2, -0.15) is 18.3 Å². The van der Waals surface area contributed by atoms with Crippen LogP contribution in [0.2, 0.25) is 0 Å². The summed E-state index contributed by atoms with van der Waals surface area (Å²) in [6.45, 7) is 5.70. The molecule has 0 bridgehead atoms. The Morgan fingerprint density at radius 3 is 2.36 bits per heavy atom. The van der Waals surface area contributed by atoms with Crippen LogP contribution < -0.4 is 4.74 Å². The summed E-state index contributed by atoms with van der Waals surface area (Å²) in [6, 6.07) is 12.2. The van der Waals surface area contributed by atoms with Crippen molar-refractivity contribution in [2.45, 2.75) is 44.0 Å². The molecule has 0 atom stereocenters. The zero-order chi connectivity index (χ0) is 27.6. The predicted octanol–water partition coefficient (Wildman–Crippen LogP) is 4.86. The Morgan fingerprint density at radius 2 is 1.72 bits per heavy atom. The lowest BCUT2D eigenvalue weighted by atomic mass is 9.81. The number of para-hydroxylation sites is 1. The van der Waals surface area contributed by atoms with Crippen molar-refractivity contribution in [3.63, 3.8) is 0 Å². The summed E-state index contributed by atoms with van der Waals surface area (Å²) >= 11 is 1.51. The largest absolute Gasteiger partial charge is 0.490 e. The highest BCUT2D eigenvalue weighted by Gasteiger charge is 2.46. The van der Waals surface area contributed by atoms with Crippen LogP contribution in [0.25, 0.3) is 11.3 Å². The zero-order valence-electron chi connectivity index (χ0n) is 21.2. The van der Waals surface area contributed by atoms with Crippen LogP contribution in [-0.4, -0.2) is 75.5 Å². The Labute approximate surface area is 227 Å². The maximum Gasteiger partial charge on any atom is 0.490 e. The summed E-state index contributed by atoms with van der Waals surface area (Å²) in [7, 11) is 0. The number of ether oxygens (including phenoxy) is 1. The van der Waals surface area contributed by atoms with Crippen molar-refractivity contribution in [1.29, 1.82) is 0 Å². The van der Waals surface area contributed by atoms with E-state index < -0.39 is 17.7 Å². The highest BCUT2D eigenvalue weighted by atomic mass is 32.1. The highest BCUT2D eigenvalue weighted by Crippen LogP contribution is 2.49. The quantitative estimate of drug-likeness (QED) is 0.489. The lowest BCUT2D eigenvalue weighted by molar-refractivity contribution is -0.192. The van der Waals surface area contributed by atoms with Crippen LogP contribution >= 0.6 is 11.3 Å². The molecule has 0 saturated carbocycles. The number of benzene rings is 1. The van der Waals surface area contributed by atoms with Crippen LogP contribution in [0.3, 0.4) is 0 Å². The molecule has 39 heavy (non-hydrogen) atoms. The van der Waals surface area contributed by atoms with Crippen LogP contribution in [-0.2, 0) is 16.9 Å². The molecular weight excluding hydrogens is 533 g/mol. The minimum Gasteiger partial charge on any atom is -0.482 e. The van der Waals surface area contributed by atoms with Gasteiger partial charge in [0.1, 0.15) is 11.4 Å². The molecule has 12 heteroatoms. The number of carbonyl (C=O) groups is 2. The van der Waals surface area contributed by atoms with Gasteiger partial charge in [-0.05, 0) is 49.5 Å². The van der Waals surface area contributed by atoms with E-state index in [-0.39, 0.29) is 5.91 Å². The summed E-state index contributed by atoms with van der Waals surface area (Å²) in [5.74, 6) is -1.69. The molecule has 3 aliphatic rings. The lowest BCUT2D eigenvalue weighted by Gasteiger charge is -2.44. The number of amides is 1. The maximum absolute atomic E-state index is 12.9. The molecule has 1 spiro atoms. The second-order valence-corrected chi connectivity index (χ2v) is 10.8. The monoisotopic (exact) mass is 562 g/mol. The number of nitrogens with zero attached hydrogens (tertiary/aromatic N) is 4. The van der Waals surface area contributed by atoms with E-state index in [0.29, 0.717) is 13.1 Å². The third kappa shape index (κ3) is 5.67. The fourth-order valence-corrected chi connectivity index (χ4v) is 6.12. The van der Waals surface area contributed by atoms with Gasteiger partial charge >= 0.3 is 12.1 Å². The number of carboxylic acid groups (broad SMARTS) is 1. The number of alkyl halides is 3. The average Bonchev–Trinajstić information content (AvgIpc) is 3.70. The van der Waals surface area contributed by atoms with E-state index in [4.69, 9.17) is 19.7 Å². The fourth-order valence-electron chi connectivity index (χ4n) is 5.43. The molecule has 1 N–H and O–H groups in total. The summed E-state index contributed by atoms with van der Waals surface area (Å²) < 4.78 is 40.6. The molecule has 2 fully saturated rings. The molecule has 3 aromatic rings. The molecule has 8 nitrogen and oxygen atoms in total. The molecule has 0 unspecified atom stereocenters. The van der Waals surface area contributed by atoms with E-state index in [1.54, 1.807) is 0 Å². The van der Waals surface area contributed by atoms with Gasteiger partial charge in [0.05, 0.1) is 23.3 Å². The van der Waals surface area contributed by atoms with Crippen molar-refractivity contribution in [1.82, 2.24) is 19.6 Å². The lowest BCUT2D eigenvalue weighted by Crippen LogP contribution is -2.48. The third-order valence-corrected chi connectivity index (χ3v) is 8.30. The molecule has 3 aliphatic heterocycles. The normalized spacial score (nSPS) is 18.1. The highest BCUT2D eigenvalue weighted by molar-refractivity contribution is 7.12. The predicted molar refractivity (Wildman–Crippen MR) is 139 cm³/mol. The average molecular weight is 563 g/mol. The Hall–Kier alpha value is -3.38. The number of carboxylic acids is 1. The van der Waals surface area contributed by atoms with E-state index in [2.05, 4.69) is 27.8 Å². The Morgan fingerprint density at radius 1 is 1.03 bits per heavy atom. The van der Waals surface area contributed by atoms with Crippen molar-refractivity contribution in [2.75, 3.05) is 32.7 Å². The van der Waals surface area contributed by atoms with Crippen LogP contribution in [0.1, 0.15) is 40.9 Å². The van der Waals surface area contributed by atoms with E-state index in [0.717, 1.165) is 42.1 Å². The van der Waals surface area contributed by atoms with E-state index in [1.807, 2.05) is 34.7 Å². The third-order valence-electron chi connectivity index (χ3n) is 7.44. The number of rotatable bonds is 4. The summed E-state index contributed by atoms with van der Waals surface area (Å²) in [6.07, 6.45) is 1.11. The minimum absolute atomic E-state index is 0.132. The van der Waals surface area contributed by atoms with Gasteiger partial charge < -0.3 is 19.6 Å². The molecule has 208 valence electrons. The van der Waals surface area contributed by atoms with Gasteiger partial charge in [0.2, 0.25) is 0 Å². The maximum atomic E-state index is 12.9. The standard InChI is InChI=1S/C25H28N4O2S.C2HF3O2/c30-24(22-8-5-17-32-22)28-13-9-25(10-14-28)20-18-26-29(16-15-27-11-3-4-12-27)23(20)19-6-1-2-7-21(19)31-25;3-2(4,5)1(6)7/h1-2,5-8,17-18H,3-4,9-16H2;(H,6,7). The number of hydrogen-bond acceptors (Lipinski definition) is 6. The second-order valence-electron chi connectivity index (χ2n) is 9.84. The zero-order valence-corrected chi connectivity index (χ0v) is 22.0. The molecule has 2 aromatic heterocycles. The molecule has 5 heterocycles. The van der Waals surface area contributed by atoms with Crippen molar-refractivity contribution >= 4 is 23.2 Å². The van der Waals surface area contributed by atoms with E-state index in [9.17, 15) is 18.0 Å². The molecule has 1 aromatic carbocycles. The number of hydrogen-bond donors (Lipinski definition) is 1. The van der Waals surface area contributed by atoms with Crippen LogP contribution in [0.5, 0.6) is 5.75 Å². The number of halogens is 3. The number of carbonyl (C=O) groups excluding carboxylic acids is 1. The molecular formula is C27H29F3N4O4S. The minimum atomic E-state index is -5.08. The SMILES string of the molecule is O=C(O)C(F)(F)F.O=C(c1cccs1)N1CCC2(CC1)Oc1ccccc1-c1c2cnn1CCN1CCCC1. The first-order valence-electron chi connectivity index (χ1n) is 12.9. The number of thiophene rings is 1. The summed E-state index contributed by atoms with van der Waals surface area (Å²) in [5, 5.41) is 13.9. The Bertz CT molecular complexity index is 1310. The van der Waals surface area contributed by atoms with Gasteiger partial charge in [0.15, 0.2) is 0 Å². The number of aliphatic carboxylic acids is 1. The van der Waals surface area contributed by atoms with Crippen molar-refractivity contribution in [2.24, 2.45) is 0 Å². The molecule has 2 saturated heterocycles. The van der Waals surface area contributed by atoms with Crippen LogP contribution in [0.4, 0.5) is 13.2 Å². The van der Waals surface area contributed by atoms with Crippen LogP contribution in [0.15, 0.2) is 48.0 Å². The summed E-state index contributed by atoms with van der Waals surface area (Å²) in [5.41, 5.74) is 3.09. The number of piperidine rings is 1. The Balaban J connectivity index is 0.000000392. The van der Waals surface area contributed by atoms with Crippen LogP contribution in [0, 0.1) is 0 Å².